The van der Waals surface area contributed by atoms with Gasteiger partial charge < -0.3 is 9.47 Å². The van der Waals surface area contributed by atoms with Crippen molar-refractivity contribution in [1.29, 1.82) is 0 Å². The average molecular weight is 604 g/mol. The third kappa shape index (κ3) is 8.34. The van der Waals surface area contributed by atoms with E-state index in [0.29, 0.717) is 10.0 Å². The number of ether oxygens (including phenoxy) is 2. The van der Waals surface area contributed by atoms with Gasteiger partial charge in [0.2, 0.25) is 0 Å². The van der Waals surface area contributed by atoms with Crippen LogP contribution in [-0.2, 0) is 19.1 Å². The maximum Gasteiger partial charge on any atom is 0.419 e. The van der Waals surface area contributed by atoms with Crippen molar-refractivity contribution >= 4 is 46.3 Å². The fourth-order valence-electron chi connectivity index (χ4n) is 4.00. The van der Waals surface area contributed by atoms with Crippen LogP contribution in [0.25, 0.3) is 11.1 Å². The Balaban J connectivity index is 1.55. The minimum atomic E-state index is -1.17. The van der Waals surface area contributed by atoms with Gasteiger partial charge >= 0.3 is 11.9 Å². The lowest BCUT2D eigenvalue weighted by molar-refractivity contribution is -0.172. The normalized spacial score (nSPS) is 13.2. The zero-order chi connectivity index (χ0) is 29.9. The molecule has 0 aliphatic rings. The summed E-state index contributed by atoms with van der Waals surface area (Å²) in [7, 11) is 3.21. The largest absolute Gasteiger partial charge is 0.434 e. The summed E-state index contributed by atoms with van der Waals surface area (Å²) in [6.45, 7) is 0. The number of benzene rings is 2. The molecule has 2 aromatic heterocycles. The molecule has 2 unspecified atom stereocenters. The Bertz CT molecular complexity index is 1430. The molecule has 10 heteroatoms. The number of carbonyl (C=O) groups is 2. The number of halogens is 2. The standard InChI is InChI=1S/C32H28Cl2N4O4/c1-35-29(17-27(23-5-3-15-37-19-23)21-7-11-25(33)12-8-21)41-31(39)32(40)42-30(36-2)18-28(24-6-4-16-38-20-24)22-9-13-26(34)14-10-22/h3-20,29-30,35-36H,1-2H3/b27-17-,28-18-. The topological polar surface area (TPSA) is 102 Å². The molecule has 2 N–H and O–H groups in total. The molecule has 0 bridgehead atoms. The molecule has 0 amide bonds. The Kier molecular flexibility index (Phi) is 11.0. The molecule has 2 aromatic carbocycles. The molecule has 0 saturated carbocycles. The number of aromatic nitrogens is 2. The minimum Gasteiger partial charge on any atom is -0.434 e. The third-order valence-electron chi connectivity index (χ3n) is 6.10. The van der Waals surface area contributed by atoms with Gasteiger partial charge in [-0.05, 0) is 84.9 Å². The van der Waals surface area contributed by atoms with E-state index in [1.165, 1.54) is 0 Å². The average Bonchev–Trinajstić information content (AvgIpc) is 3.03. The number of carbonyl (C=O) groups excluding carboxylic acids is 2. The van der Waals surface area contributed by atoms with Crippen LogP contribution in [0.15, 0.2) is 110 Å². The van der Waals surface area contributed by atoms with E-state index in [1.54, 1.807) is 87.4 Å². The zero-order valence-electron chi connectivity index (χ0n) is 22.8. The summed E-state index contributed by atoms with van der Waals surface area (Å²) in [5.74, 6) is -2.34. The molecule has 0 saturated heterocycles. The van der Waals surface area contributed by atoms with E-state index in [4.69, 9.17) is 32.7 Å². The third-order valence-corrected chi connectivity index (χ3v) is 6.60. The Morgan fingerprint density at radius 3 is 1.33 bits per heavy atom. The second-order valence-electron chi connectivity index (χ2n) is 8.89. The molecule has 42 heavy (non-hydrogen) atoms. The molecule has 0 aliphatic heterocycles. The van der Waals surface area contributed by atoms with Crippen molar-refractivity contribution in [2.45, 2.75) is 12.5 Å². The van der Waals surface area contributed by atoms with Crippen LogP contribution in [0.4, 0.5) is 0 Å². The first-order chi connectivity index (χ1) is 20.4. The molecule has 8 nitrogen and oxygen atoms in total. The highest BCUT2D eigenvalue weighted by Gasteiger charge is 2.24. The molecule has 4 rings (SSSR count). The Labute approximate surface area is 254 Å². The van der Waals surface area contributed by atoms with E-state index in [2.05, 4.69) is 20.6 Å². The lowest BCUT2D eigenvalue weighted by Gasteiger charge is -2.18. The maximum atomic E-state index is 12.9. The molecule has 2 atom stereocenters. The number of pyridine rings is 2. The first kappa shape index (κ1) is 30.6. The fraction of sp³-hybridized carbons (Fsp3) is 0.125. The molecular formula is C32H28Cl2N4O4. The summed E-state index contributed by atoms with van der Waals surface area (Å²) in [5.41, 5.74) is 4.64. The molecule has 214 valence electrons. The SMILES string of the molecule is CNC(/C=C(/c1ccc(Cl)cc1)c1cccnc1)OC(=O)C(=O)OC(/C=C(/c1ccc(Cl)cc1)c1cccnc1)NC. The summed E-state index contributed by atoms with van der Waals surface area (Å²) in [4.78, 5) is 34.1. The van der Waals surface area contributed by atoms with Gasteiger partial charge in [-0.2, -0.15) is 0 Å². The van der Waals surface area contributed by atoms with Gasteiger partial charge in [0.15, 0.2) is 12.5 Å². The summed E-state index contributed by atoms with van der Waals surface area (Å²) >= 11 is 12.2. The van der Waals surface area contributed by atoms with Crippen molar-refractivity contribution in [1.82, 2.24) is 20.6 Å². The number of rotatable bonds is 10. The Morgan fingerprint density at radius 1 is 0.643 bits per heavy atom. The molecule has 0 spiro atoms. The van der Waals surface area contributed by atoms with Crippen molar-refractivity contribution in [2.75, 3.05) is 14.1 Å². The molecule has 0 aliphatic carbocycles. The first-order valence-corrected chi connectivity index (χ1v) is 13.7. The van der Waals surface area contributed by atoms with Crippen molar-refractivity contribution in [2.24, 2.45) is 0 Å². The highest BCUT2D eigenvalue weighted by Crippen LogP contribution is 2.26. The van der Waals surface area contributed by atoms with Crippen LogP contribution in [-0.4, -0.2) is 48.5 Å². The molecule has 0 radical (unpaired) electrons. The van der Waals surface area contributed by atoms with Gasteiger partial charge in [0.1, 0.15) is 0 Å². The van der Waals surface area contributed by atoms with Crippen LogP contribution >= 0.6 is 23.2 Å². The quantitative estimate of drug-likeness (QED) is 0.139. The smallest absolute Gasteiger partial charge is 0.419 e. The van der Waals surface area contributed by atoms with Crippen LogP contribution in [0.5, 0.6) is 0 Å². The number of hydrogen-bond donors (Lipinski definition) is 2. The second kappa shape index (κ2) is 15.0. The summed E-state index contributed by atoms with van der Waals surface area (Å²) in [6.07, 6.45) is 8.14. The van der Waals surface area contributed by atoms with Crippen LogP contribution in [0, 0.1) is 0 Å². The number of likely N-dealkylation sites (N-methyl/N-ethyl adjacent to an activating group) is 2. The van der Waals surface area contributed by atoms with Gasteiger partial charge in [0, 0.05) is 46.0 Å². The van der Waals surface area contributed by atoms with E-state index < -0.39 is 24.4 Å². The molecule has 2 heterocycles. The number of nitrogens with one attached hydrogen (secondary N) is 2. The maximum absolute atomic E-state index is 12.9. The first-order valence-electron chi connectivity index (χ1n) is 12.9. The van der Waals surface area contributed by atoms with E-state index >= 15 is 0 Å². The Hall–Kier alpha value is -4.34. The van der Waals surface area contributed by atoms with Crippen LogP contribution in [0.1, 0.15) is 22.3 Å². The monoisotopic (exact) mass is 602 g/mol. The van der Waals surface area contributed by atoms with E-state index in [9.17, 15) is 9.59 Å². The predicted octanol–water partition coefficient (Wildman–Crippen LogP) is 5.52. The van der Waals surface area contributed by atoms with E-state index in [1.807, 2.05) is 36.4 Å². The minimum absolute atomic E-state index is 0.583. The Morgan fingerprint density at radius 2 is 1.02 bits per heavy atom. The van der Waals surface area contributed by atoms with Crippen molar-refractivity contribution in [3.05, 3.63) is 142 Å². The second-order valence-corrected chi connectivity index (χ2v) is 9.76. The lowest BCUT2D eigenvalue weighted by atomic mass is 9.98. The van der Waals surface area contributed by atoms with E-state index in [0.717, 1.165) is 33.4 Å². The predicted molar refractivity (Wildman–Crippen MR) is 163 cm³/mol. The van der Waals surface area contributed by atoms with Gasteiger partial charge in [-0.25, -0.2) is 9.59 Å². The molecular weight excluding hydrogens is 575 g/mol. The number of esters is 2. The molecule has 4 aromatic rings. The van der Waals surface area contributed by atoms with Gasteiger partial charge in [-0.3, -0.25) is 20.6 Å². The highest BCUT2D eigenvalue weighted by atomic mass is 35.5. The number of hydrogen-bond acceptors (Lipinski definition) is 8. The van der Waals surface area contributed by atoms with Gasteiger partial charge in [0.25, 0.3) is 0 Å². The van der Waals surface area contributed by atoms with Gasteiger partial charge in [-0.1, -0.05) is 59.6 Å². The highest BCUT2D eigenvalue weighted by molar-refractivity contribution is 6.31. The number of nitrogens with zero attached hydrogens (tertiary/aromatic N) is 2. The lowest BCUT2D eigenvalue weighted by Crippen LogP contribution is -2.37. The van der Waals surface area contributed by atoms with E-state index in [-0.39, 0.29) is 0 Å². The van der Waals surface area contributed by atoms with Crippen LogP contribution in [0.3, 0.4) is 0 Å². The van der Waals surface area contributed by atoms with Gasteiger partial charge in [0.05, 0.1) is 0 Å². The van der Waals surface area contributed by atoms with Crippen molar-refractivity contribution in [3.8, 4) is 0 Å². The zero-order valence-corrected chi connectivity index (χ0v) is 24.3. The van der Waals surface area contributed by atoms with Crippen molar-refractivity contribution < 1.29 is 19.1 Å². The summed E-state index contributed by atoms with van der Waals surface area (Å²) in [6, 6.07) is 21.7. The van der Waals surface area contributed by atoms with Crippen LogP contribution < -0.4 is 10.6 Å². The van der Waals surface area contributed by atoms with Crippen LogP contribution in [0.2, 0.25) is 10.0 Å². The summed E-state index contributed by atoms with van der Waals surface area (Å²) in [5, 5.41) is 6.96. The molecule has 0 fully saturated rings. The fourth-order valence-corrected chi connectivity index (χ4v) is 4.26. The van der Waals surface area contributed by atoms with Crippen molar-refractivity contribution in [3.63, 3.8) is 0 Å². The van der Waals surface area contributed by atoms with Gasteiger partial charge in [-0.15, -0.1) is 0 Å². The summed E-state index contributed by atoms with van der Waals surface area (Å²) < 4.78 is 10.9.